The number of amides is 2. The Kier molecular flexibility index (Phi) is 6.19. The van der Waals surface area contributed by atoms with Crippen molar-refractivity contribution in [1.29, 1.82) is 0 Å². The number of para-hydroxylation sites is 1. The molecule has 1 aromatic carbocycles. The molecule has 6 nitrogen and oxygen atoms in total. The highest BCUT2D eigenvalue weighted by molar-refractivity contribution is 7.86. The zero-order valence-corrected chi connectivity index (χ0v) is 16.9. The fourth-order valence-corrected chi connectivity index (χ4v) is 4.89. The smallest absolute Gasteiger partial charge is 0.260 e. The fourth-order valence-electron chi connectivity index (χ4n) is 3.66. The van der Waals surface area contributed by atoms with Gasteiger partial charge >= 0.3 is 0 Å². The predicted octanol–water partition coefficient (Wildman–Crippen LogP) is 1.67. The Morgan fingerprint density at radius 1 is 1.11 bits per heavy atom. The summed E-state index contributed by atoms with van der Waals surface area (Å²) in [5.41, 5.74) is 0. The van der Waals surface area contributed by atoms with E-state index in [4.69, 9.17) is 4.74 Å². The Balaban J connectivity index is 1.46. The molecule has 2 amide bonds. The van der Waals surface area contributed by atoms with Crippen LogP contribution in [0.25, 0.3) is 0 Å². The first-order valence-corrected chi connectivity index (χ1v) is 10.8. The molecule has 0 unspecified atom stereocenters. The molecule has 0 radical (unpaired) electrons. The van der Waals surface area contributed by atoms with Crippen molar-refractivity contribution in [3.8, 4) is 5.75 Å². The van der Waals surface area contributed by atoms with Crippen LogP contribution in [0, 0.1) is 5.92 Å². The van der Waals surface area contributed by atoms with Crippen molar-refractivity contribution in [1.82, 2.24) is 9.80 Å². The number of carbonyl (C=O) groups is 2. The first-order chi connectivity index (χ1) is 12.9. The second-order valence-electron chi connectivity index (χ2n) is 7.83. The molecule has 27 heavy (non-hydrogen) atoms. The molecule has 2 saturated heterocycles. The van der Waals surface area contributed by atoms with Crippen molar-refractivity contribution in [3.63, 3.8) is 0 Å². The molecule has 2 fully saturated rings. The summed E-state index contributed by atoms with van der Waals surface area (Å²) < 4.78 is 17.2. The molecule has 1 aromatic rings. The van der Waals surface area contributed by atoms with Crippen LogP contribution in [0.5, 0.6) is 5.75 Å². The molecule has 2 heterocycles. The van der Waals surface area contributed by atoms with E-state index in [-0.39, 0.29) is 29.1 Å². The number of likely N-dealkylation sites (tertiary alicyclic amines) is 1. The predicted molar refractivity (Wildman–Crippen MR) is 105 cm³/mol. The third-order valence-corrected chi connectivity index (χ3v) is 7.26. The quantitative estimate of drug-likeness (QED) is 0.782. The van der Waals surface area contributed by atoms with Gasteiger partial charge in [0, 0.05) is 48.6 Å². The van der Waals surface area contributed by atoms with Gasteiger partial charge in [0.25, 0.3) is 5.91 Å². The lowest BCUT2D eigenvalue weighted by atomic mass is 9.94. The van der Waals surface area contributed by atoms with Gasteiger partial charge < -0.3 is 14.5 Å². The van der Waals surface area contributed by atoms with Crippen LogP contribution < -0.4 is 4.74 Å². The third kappa shape index (κ3) is 4.89. The lowest BCUT2D eigenvalue weighted by molar-refractivity contribution is -0.141. The van der Waals surface area contributed by atoms with E-state index >= 15 is 0 Å². The van der Waals surface area contributed by atoms with E-state index in [0.717, 1.165) is 0 Å². The van der Waals surface area contributed by atoms with E-state index in [0.29, 0.717) is 50.5 Å². The number of nitrogens with zero attached hydrogens (tertiary/aromatic N) is 2. The van der Waals surface area contributed by atoms with Gasteiger partial charge in [0.15, 0.2) is 6.61 Å². The van der Waals surface area contributed by atoms with Gasteiger partial charge in [-0.25, -0.2) is 0 Å². The monoisotopic (exact) mass is 392 g/mol. The average Bonchev–Trinajstić information content (AvgIpc) is 2.68. The van der Waals surface area contributed by atoms with E-state index < -0.39 is 10.8 Å². The number of piperidine rings is 1. The van der Waals surface area contributed by atoms with Crippen LogP contribution in [0.1, 0.15) is 26.7 Å². The lowest BCUT2D eigenvalue weighted by Crippen LogP contribution is -2.54. The number of carbonyl (C=O) groups excluding carboxylic acids is 2. The molecule has 0 N–H and O–H groups in total. The van der Waals surface area contributed by atoms with Crippen molar-refractivity contribution < 1.29 is 18.5 Å². The van der Waals surface area contributed by atoms with Crippen LogP contribution in [0.15, 0.2) is 30.3 Å². The Morgan fingerprint density at radius 2 is 1.78 bits per heavy atom. The highest BCUT2D eigenvalue weighted by Gasteiger charge is 2.38. The van der Waals surface area contributed by atoms with Crippen molar-refractivity contribution in [2.45, 2.75) is 31.4 Å². The highest BCUT2D eigenvalue weighted by Crippen LogP contribution is 2.25. The van der Waals surface area contributed by atoms with Gasteiger partial charge in [0.1, 0.15) is 5.75 Å². The van der Waals surface area contributed by atoms with Crippen molar-refractivity contribution >= 4 is 22.6 Å². The number of benzene rings is 1. The molecule has 0 saturated carbocycles. The summed E-state index contributed by atoms with van der Waals surface area (Å²) in [6.07, 6.45) is 1.35. The molecule has 3 rings (SSSR count). The molecule has 0 aromatic heterocycles. The minimum absolute atomic E-state index is 0.0226. The van der Waals surface area contributed by atoms with Gasteiger partial charge in [-0.2, -0.15) is 0 Å². The molecule has 0 aliphatic carbocycles. The van der Waals surface area contributed by atoms with E-state index in [9.17, 15) is 13.8 Å². The SMILES string of the molecule is CC1(C)CN(C(=O)C2CCN(C(=O)COc3ccccc3)CC2)CC[S@@]1=O. The number of rotatable bonds is 4. The number of hydrogen-bond acceptors (Lipinski definition) is 4. The maximum atomic E-state index is 12.8. The van der Waals surface area contributed by atoms with Crippen LogP contribution >= 0.6 is 0 Å². The van der Waals surface area contributed by atoms with Crippen LogP contribution in [-0.4, -0.2) is 69.1 Å². The minimum atomic E-state index is -0.884. The molecule has 0 spiro atoms. The third-order valence-electron chi connectivity index (χ3n) is 5.35. The largest absolute Gasteiger partial charge is 0.484 e. The summed E-state index contributed by atoms with van der Waals surface area (Å²) >= 11 is 0. The maximum absolute atomic E-state index is 12.8. The molecule has 2 aliphatic heterocycles. The Morgan fingerprint density at radius 3 is 2.41 bits per heavy atom. The summed E-state index contributed by atoms with van der Waals surface area (Å²) in [4.78, 5) is 28.8. The van der Waals surface area contributed by atoms with Gasteiger partial charge in [-0.1, -0.05) is 18.2 Å². The van der Waals surface area contributed by atoms with E-state index in [1.54, 1.807) is 4.90 Å². The van der Waals surface area contributed by atoms with Gasteiger partial charge in [-0.15, -0.1) is 0 Å². The van der Waals surface area contributed by atoms with E-state index in [1.165, 1.54) is 0 Å². The maximum Gasteiger partial charge on any atom is 0.260 e. The zero-order chi connectivity index (χ0) is 19.4. The first-order valence-electron chi connectivity index (χ1n) is 9.50. The van der Waals surface area contributed by atoms with Gasteiger partial charge in [0.2, 0.25) is 5.91 Å². The van der Waals surface area contributed by atoms with Crippen molar-refractivity contribution in [2.24, 2.45) is 5.92 Å². The molecule has 0 bridgehead atoms. The summed E-state index contributed by atoms with van der Waals surface area (Å²) in [6.45, 7) is 6.20. The van der Waals surface area contributed by atoms with Crippen LogP contribution in [0.4, 0.5) is 0 Å². The summed E-state index contributed by atoms with van der Waals surface area (Å²) in [5, 5.41) is 0. The summed E-state index contributed by atoms with van der Waals surface area (Å²) in [7, 11) is -0.884. The van der Waals surface area contributed by atoms with Crippen LogP contribution in [-0.2, 0) is 20.4 Å². The molecule has 7 heteroatoms. The Bertz CT molecular complexity index is 699. The number of hydrogen-bond donors (Lipinski definition) is 0. The fraction of sp³-hybridized carbons (Fsp3) is 0.600. The lowest BCUT2D eigenvalue weighted by Gasteiger charge is -2.40. The standard InChI is InChI=1S/C20H28N2O4S/c1-20(2)15-22(12-13-27(20)25)19(24)16-8-10-21(11-9-16)18(23)14-26-17-6-4-3-5-7-17/h3-7,16H,8-15H2,1-2H3/t27-/m0/s1. The first kappa shape index (κ1) is 19.9. The van der Waals surface area contributed by atoms with Gasteiger partial charge in [0.05, 0.1) is 4.75 Å². The molecule has 148 valence electrons. The topological polar surface area (TPSA) is 66.9 Å². The van der Waals surface area contributed by atoms with E-state index in [2.05, 4.69) is 0 Å². The van der Waals surface area contributed by atoms with Crippen LogP contribution in [0.3, 0.4) is 0 Å². The Labute approximate surface area is 163 Å². The second kappa shape index (κ2) is 8.42. The Hall–Kier alpha value is -1.89. The van der Waals surface area contributed by atoms with Gasteiger partial charge in [-0.3, -0.25) is 13.8 Å². The van der Waals surface area contributed by atoms with Crippen molar-refractivity contribution in [3.05, 3.63) is 30.3 Å². The summed E-state index contributed by atoms with van der Waals surface area (Å²) in [6, 6.07) is 9.29. The molecule has 2 aliphatic rings. The van der Waals surface area contributed by atoms with Crippen molar-refractivity contribution in [2.75, 3.05) is 38.5 Å². The van der Waals surface area contributed by atoms with Crippen LogP contribution in [0.2, 0.25) is 0 Å². The van der Waals surface area contributed by atoms with E-state index in [1.807, 2.05) is 49.1 Å². The molecular weight excluding hydrogens is 364 g/mol. The molecule has 1 atom stereocenters. The highest BCUT2D eigenvalue weighted by atomic mass is 32.2. The number of ether oxygens (including phenoxy) is 1. The minimum Gasteiger partial charge on any atom is -0.484 e. The normalized spacial score (nSPS) is 23.1. The second-order valence-corrected chi connectivity index (χ2v) is 10.0. The zero-order valence-electron chi connectivity index (χ0n) is 16.1. The van der Waals surface area contributed by atoms with Gasteiger partial charge in [-0.05, 0) is 38.8 Å². The molecular formula is C20H28N2O4S. The average molecular weight is 393 g/mol. The summed E-state index contributed by atoms with van der Waals surface area (Å²) in [5.74, 6) is 1.28.